The number of hydrogen-bond acceptors (Lipinski definition) is 4. The fraction of sp³-hybridized carbons (Fsp3) is 0.364. The Balaban J connectivity index is 2.81. The number of carboxylic acids is 1. The summed E-state index contributed by atoms with van der Waals surface area (Å²) in [4.78, 5) is 10.7. The number of hydrogen-bond donors (Lipinski definition) is 2. The van der Waals surface area contributed by atoms with Gasteiger partial charge in [0.15, 0.2) is 17.6 Å². The smallest absolute Gasteiger partial charge is 0.333 e. The van der Waals surface area contributed by atoms with Gasteiger partial charge in [-0.2, -0.15) is 0 Å². The Labute approximate surface area is 93.2 Å². The van der Waals surface area contributed by atoms with E-state index in [1.807, 2.05) is 0 Å². The maximum Gasteiger partial charge on any atom is 0.333 e. The number of aromatic hydroxyl groups is 1. The zero-order valence-electron chi connectivity index (χ0n) is 9.14. The Morgan fingerprint density at radius 1 is 1.44 bits per heavy atom. The largest absolute Gasteiger partial charge is 0.504 e. The maximum atomic E-state index is 10.7. The van der Waals surface area contributed by atoms with Gasteiger partial charge in [-0.15, -0.1) is 0 Å². The highest BCUT2D eigenvalue weighted by molar-refractivity contribution is 5.72. The fourth-order valence-electron chi connectivity index (χ4n) is 1.35. The molecule has 0 amide bonds. The summed E-state index contributed by atoms with van der Waals surface area (Å²) >= 11 is 0. The van der Waals surface area contributed by atoms with Crippen LogP contribution in [0, 0.1) is 0 Å². The summed E-state index contributed by atoms with van der Waals surface area (Å²) in [6.07, 6.45) is -0.712. The summed E-state index contributed by atoms with van der Waals surface area (Å²) < 4.78 is 9.68. The average Bonchev–Trinajstić information content (AvgIpc) is 2.25. The van der Waals surface area contributed by atoms with Crippen molar-refractivity contribution in [2.24, 2.45) is 0 Å². The number of aliphatic carboxylic acids is 1. The van der Waals surface area contributed by atoms with E-state index in [4.69, 9.17) is 14.6 Å². The predicted molar refractivity (Wildman–Crippen MR) is 56.8 cm³/mol. The van der Waals surface area contributed by atoms with Crippen LogP contribution in [0.2, 0.25) is 0 Å². The lowest BCUT2D eigenvalue weighted by Crippen LogP contribution is -2.24. The molecular weight excluding hydrogens is 212 g/mol. The lowest BCUT2D eigenvalue weighted by molar-refractivity contribution is -0.148. The van der Waals surface area contributed by atoms with Gasteiger partial charge in [0.25, 0.3) is 0 Å². The van der Waals surface area contributed by atoms with E-state index in [1.165, 1.54) is 20.3 Å². The molecule has 0 radical (unpaired) electrons. The van der Waals surface area contributed by atoms with Crippen molar-refractivity contribution in [3.63, 3.8) is 0 Å². The highest BCUT2D eigenvalue weighted by Gasteiger charge is 2.17. The van der Waals surface area contributed by atoms with Crippen LogP contribution < -0.4 is 4.74 Å². The number of phenols is 1. The number of benzene rings is 1. The Morgan fingerprint density at radius 3 is 2.56 bits per heavy atom. The van der Waals surface area contributed by atoms with Gasteiger partial charge in [-0.25, -0.2) is 4.79 Å². The molecule has 16 heavy (non-hydrogen) atoms. The molecule has 0 aliphatic heterocycles. The SMILES string of the molecule is COc1ccc(CC(OC)C(=O)O)cc1O. The van der Waals surface area contributed by atoms with Gasteiger partial charge in [0.2, 0.25) is 0 Å². The first-order valence-corrected chi connectivity index (χ1v) is 4.70. The summed E-state index contributed by atoms with van der Waals surface area (Å²) in [7, 11) is 2.78. The molecule has 0 fully saturated rings. The lowest BCUT2D eigenvalue weighted by atomic mass is 10.1. The van der Waals surface area contributed by atoms with Gasteiger partial charge in [-0.05, 0) is 17.7 Å². The minimum atomic E-state index is -1.03. The molecule has 5 nitrogen and oxygen atoms in total. The first-order valence-electron chi connectivity index (χ1n) is 4.70. The Hall–Kier alpha value is -1.75. The van der Waals surface area contributed by atoms with Crippen LogP contribution >= 0.6 is 0 Å². The van der Waals surface area contributed by atoms with Crippen LogP contribution in [0.4, 0.5) is 0 Å². The minimum absolute atomic E-state index is 0.0137. The van der Waals surface area contributed by atoms with Gasteiger partial charge in [0.05, 0.1) is 7.11 Å². The molecule has 0 spiro atoms. The van der Waals surface area contributed by atoms with Gasteiger partial charge >= 0.3 is 5.97 Å². The van der Waals surface area contributed by atoms with Gasteiger partial charge in [-0.3, -0.25) is 0 Å². The van der Waals surface area contributed by atoms with Crippen molar-refractivity contribution in [1.82, 2.24) is 0 Å². The highest BCUT2D eigenvalue weighted by Crippen LogP contribution is 2.26. The molecule has 1 aromatic rings. The molecule has 0 bridgehead atoms. The molecule has 1 rings (SSSR count). The predicted octanol–water partition coefficient (Wildman–Crippen LogP) is 1.04. The zero-order chi connectivity index (χ0) is 12.1. The van der Waals surface area contributed by atoms with Gasteiger partial charge in [-0.1, -0.05) is 6.07 Å². The van der Waals surface area contributed by atoms with Crippen LogP contribution in [0.3, 0.4) is 0 Å². The van der Waals surface area contributed by atoms with E-state index in [0.29, 0.717) is 11.3 Å². The zero-order valence-corrected chi connectivity index (χ0v) is 9.14. The van der Waals surface area contributed by atoms with Gasteiger partial charge in [0, 0.05) is 13.5 Å². The molecule has 5 heteroatoms. The second-order valence-electron chi connectivity index (χ2n) is 3.27. The van der Waals surface area contributed by atoms with E-state index in [1.54, 1.807) is 12.1 Å². The van der Waals surface area contributed by atoms with E-state index in [-0.39, 0.29) is 12.2 Å². The summed E-state index contributed by atoms with van der Waals surface area (Å²) in [5, 5.41) is 18.3. The fourth-order valence-corrected chi connectivity index (χ4v) is 1.35. The Morgan fingerprint density at radius 2 is 2.12 bits per heavy atom. The van der Waals surface area contributed by atoms with Crippen molar-refractivity contribution < 1.29 is 24.5 Å². The van der Waals surface area contributed by atoms with E-state index >= 15 is 0 Å². The van der Waals surface area contributed by atoms with E-state index in [0.717, 1.165) is 0 Å². The van der Waals surface area contributed by atoms with Crippen LogP contribution in [-0.2, 0) is 16.0 Å². The first kappa shape index (κ1) is 12.3. The average molecular weight is 226 g/mol. The number of ether oxygens (including phenoxy) is 2. The van der Waals surface area contributed by atoms with Crippen molar-refractivity contribution in [2.45, 2.75) is 12.5 Å². The van der Waals surface area contributed by atoms with Crippen molar-refractivity contribution in [2.75, 3.05) is 14.2 Å². The maximum absolute atomic E-state index is 10.7. The monoisotopic (exact) mass is 226 g/mol. The molecule has 0 heterocycles. The molecule has 1 aromatic carbocycles. The van der Waals surface area contributed by atoms with Crippen molar-refractivity contribution in [3.8, 4) is 11.5 Å². The standard InChI is InChI=1S/C11H14O5/c1-15-9-4-3-7(5-8(9)12)6-10(16-2)11(13)14/h3-5,10,12H,6H2,1-2H3,(H,13,14). The van der Waals surface area contributed by atoms with Crippen LogP contribution in [-0.4, -0.2) is 36.5 Å². The Kier molecular flexibility index (Phi) is 4.13. The van der Waals surface area contributed by atoms with Crippen molar-refractivity contribution >= 4 is 5.97 Å². The van der Waals surface area contributed by atoms with Gasteiger partial charge < -0.3 is 19.7 Å². The molecule has 0 saturated carbocycles. The number of carboxylic acid groups (broad SMARTS) is 1. The second kappa shape index (κ2) is 5.37. The molecule has 0 aliphatic rings. The van der Waals surface area contributed by atoms with Crippen molar-refractivity contribution in [3.05, 3.63) is 23.8 Å². The summed E-state index contributed by atoms with van der Waals surface area (Å²) in [6.45, 7) is 0. The molecule has 2 N–H and O–H groups in total. The minimum Gasteiger partial charge on any atom is -0.504 e. The second-order valence-corrected chi connectivity index (χ2v) is 3.27. The van der Waals surface area contributed by atoms with E-state index < -0.39 is 12.1 Å². The summed E-state index contributed by atoms with van der Waals surface area (Å²) in [6, 6.07) is 4.74. The topological polar surface area (TPSA) is 76.0 Å². The van der Waals surface area contributed by atoms with Crippen LogP contribution in [0.1, 0.15) is 5.56 Å². The third kappa shape index (κ3) is 2.87. The van der Waals surface area contributed by atoms with Crippen LogP contribution in [0.5, 0.6) is 11.5 Å². The molecule has 1 unspecified atom stereocenters. The van der Waals surface area contributed by atoms with E-state index in [2.05, 4.69) is 0 Å². The quantitative estimate of drug-likeness (QED) is 0.784. The number of phenolic OH excluding ortho intramolecular Hbond substituents is 1. The third-order valence-electron chi connectivity index (χ3n) is 2.22. The van der Waals surface area contributed by atoms with Crippen molar-refractivity contribution in [1.29, 1.82) is 0 Å². The normalized spacial score (nSPS) is 12.1. The third-order valence-corrected chi connectivity index (χ3v) is 2.22. The molecule has 0 saturated heterocycles. The summed E-state index contributed by atoms with van der Waals surface area (Å²) in [5.74, 6) is -0.689. The summed E-state index contributed by atoms with van der Waals surface area (Å²) in [5.41, 5.74) is 0.674. The Bertz CT molecular complexity index is 375. The molecule has 0 aliphatic carbocycles. The van der Waals surface area contributed by atoms with Crippen LogP contribution in [0.15, 0.2) is 18.2 Å². The van der Waals surface area contributed by atoms with Gasteiger partial charge in [0.1, 0.15) is 0 Å². The van der Waals surface area contributed by atoms with Crippen LogP contribution in [0.25, 0.3) is 0 Å². The van der Waals surface area contributed by atoms with E-state index in [9.17, 15) is 9.90 Å². The number of rotatable bonds is 5. The highest BCUT2D eigenvalue weighted by atomic mass is 16.5. The first-order chi connectivity index (χ1) is 7.58. The molecule has 1 atom stereocenters. The molecule has 88 valence electrons. The molecular formula is C11H14O5. The number of methoxy groups -OCH3 is 2. The molecule has 0 aromatic heterocycles. The number of carbonyl (C=O) groups is 1. The lowest BCUT2D eigenvalue weighted by Gasteiger charge is -2.11.